The van der Waals surface area contributed by atoms with Crippen LogP contribution in [-0.2, 0) is 0 Å². The van der Waals surface area contributed by atoms with Crippen molar-refractivity contribution in [3.8, 4) is 0 Å². The van der Waals surface area contributed by atoms with Crippen molar-refractivity contribution in [1.29, 1.82) is 0 Å². The molecule has 0 saturated carbocycles. The van der Waals surface area contributed by atoms with Crippen molar-refractivity contribution in [2.45, 2.75) is 4.90 Å². The van der Waals surface area contributed by atoms with E-state index in [1.54, 1.807) is 12.4 Å². The van der Waals surface area contributed by atoms with Crippen molar-refractivity contribution >= 4 is 34.4 Å². The Labute approximate surface area is 92.4 Å². The number of nitrogens with zero attached hydrogens (tertiary/aromatic N) is 2. The second kappa shape index (κ2) is 3.21. The van der Waals surface area contributed by atoms with Crippen molar-refractivity contribution in [1.82, 2.24) is 9.97 Å². The molecule has 0 spiro atoms. The second-order valence-electron chi connectivity index (χ2n) is 3.37. The smallest absolute Gasteiger partial charge is 0.0975 e. The molecular formula is C12H8N2S. The van der Waals surface area contributed by atoms with Gasteiger partial charge in [-0.25, -0.2) is 0 Å². The predicted octanol–water partition coefficient (Wildman–Crippen LogP) is 3.07. The zero-order valence-corrected chi connectivity index (χ0v) is 8.78. The average Bonchev–Trinajstić information content (AvgIpc) is 2.30. The quantitative estimate of drug-likeness (QED) is 0.458. The van der Waals surface area contributed by atoms with E-state index in [9.17, 15) is 0 Å². The minimum Gasteiger partial charge on any atom is -0.254 e. The van der Waals surface area contributed by atoms with Crippen LogP contribution in [0.2, 0.25) is 0 Å². The van der Waals surface area contributed by atoms with Crippen LogP contribution in [0.3, 0.4) is 0 Å². The SMILES string of the molecule is Sc1cc2cccnc2c2ncccc12. The molecule has 0 radical (unpaired) electrons. The molecule has 0 atom stereocenters. The van der Waals surface area contributed by atoms with Gasteiger partial charge in [0.05, 0.1) is 11.0 Å². The number of hydrogen-bond acceptors (Lipinski definition) is 3. The van der Waals surface area contributed by atoms with Gasteiger partial charge in [0.1, 0.15) is 0 Å². The van der Waals surface area contributed by atoms with E-state index in [-0.39, 0.29) is 0 Å². The van der Waals surface area contributed by atoms with Crippen LogP contribution >= 0.6 is 12.6 Å². The number of rotatable bonds is 0. The van der Waals surface area contributed by atoms with Gasteiger partial charge in [-0.15, -0.1) is 12.6 Å². The standard InChI is InChI=1S/C12H8N2S/c15-10-7-8-3-1-5-13-11(8)12-9(10)4-2-6-14-12/h1-7,15H. The Morgan fingerprint density at radius 2 is 1.67 bits per heavy atom. The molecule has 0 aliphatic heterocycles. The largest absolute Gasteiger partial charge is 0.254 e. The van der Waals surface area contributed by atoms with E-state index in [1.165, 1.54) is 0 Å². The van der Waals surface area contributed by atoms with E-state index in [2.05, 4.69) is 22.6 Å². The highest BCUT2D eigenvalue weighted by Crippen LogP contribution is 2.27. The first kappa shape index (κ1) is 8.68. The van der Waals surface area contributed by atoms with Crippen molar-refractivity contribution in [3.05, 3.63) is 42.7 Å². The monoisotopic (exact) mass is 212 g/mol. The van der Waals surface area contributed by atoms with Crippen LogP contribution in [0.5, 0.6) is 0 Å². The van der Waals surface area contributed by atoms with Gasteiger partial charge in [-0.05, 0) is 18.2 Å². The highest BCUT2D eigenvalue weighted by molar-refractivity contribution is 7.80. The Balaban J connectivity index is 2.64. The van der Waals surface area contributed by atoms with Gasteiger partial charge in [0.15, 0.2) is 0 Å². The summed E-state index contributed by atoms with van der Waals surface area (Å²) < 4.78 is 0. The third-order valence-corrected chi connectivity index (χ3v) is 2.81. The number of pyridine rings is 2. The summed E-state index contributed by atoms with van der Waals surface area (Å²) in [6, 6.07) is 9.89. The van der Waals surface area contributed by atoms with Gasteiger partial charge in [-0.1, -0.05) is 12.1 Å². The molecule has 2 nitrogen and oxygen atoms in total. The normalized spacial score (nSPS) is 11.0. The summed E-state index contributed by atoms with van der Waals surface area (Å²) in [6.45, 7) is 0. The molecule has 0 bridgehead atoms. The highest BCUT2D eigenvalue weighted by atomic mass is 32.1. The summed E-state index contributed by atoms with van der Waals surface area (Å²) in [4.78, 5) is 9.66. The maximum absolute atomic E-state index is 4.46. The van der Waals surface area contributed by atoms with E-state index in [0.717, 1.165) is 26.7 Å². The van der Waals surface area contributed by atoms with E-state index in [0.29, 0.717) is 0 Å². The van der Waals surface area contributed by atoms with Crippen LogP contribution in [-0.4, -0.2) is 9.97 Å². The minimum absolute atomic E-state index is 0.917. The van der Waals surface area contributed by atoms with Gasteiger partial charge in [0.25, 0.3) is 0 Å². The maximum atomic E-state index is 4.46. The van der Waals surface area contributed by atoms with Crippen LogP contribution in [0.4, 0.5) is 0 Å². The molecule has 0 unspecified atom stereocenters. The summed E-state index contributed by atoms with van der Waals surface area (Å²) in [5.74, 6) is 0. The molecule has 2 aromatic heterocycles. The van der Waals surface area contributed by atoms with Gasteiger partial charge in [-0.2, -0.15) is 0 Å². The van der Waals surface area contributed by atoms with Crippen molar-refractivity contribution in [3.63, 3.8) is 0 Å². The second-order valence-corrected chi connectivity index (χ2v) is 3.85. The lowest BCUT2D eigenvalue weighted by molar-refractivity contribution is 1.36. The summed E-state index contributed by atoms with van der Waals surface area (Å²) in [5.41, 5.74) is 1.85. The zero-order valence-electron chi connectivity index (χ0n) is 7.88. The predicted molar refractivity (Wildman–Crippen MR) is 64.3 cm³/mol. The fourth-order valence-corrected chi connectivity index (χ4v) is 2.08. The minimum atomic E-state index is 0.917. The molecule has 2 heterocycles. The number of hydrogen-bond donors (Lipinski definition) is 1. The molecule has 0 aliphatic carbocycles. The van der Waals surface area contributed by atoms with Gasteiger partial charge in [0, 0.05) is 28.1 Å². The third-order valence-electron chi connectivity index (χ3n) is 2.44. The van der Waals surface area contributed by atoms with Crippen molar-refractivity contribution in [2.24, 2.45) is 0 Å². The van der Waals surface area contributed by atoms with Crippen LogP contribution in [0.25, 0.3) is 21.8 Å². The van der Waals surface area contributed by atoms with Gasteiger partial charge in [-0.3, -0.25) is 9.97 Å². The molecule has 3 rings (SSSR count). The third kappa shape index (κ3) is 1.27. The molecule has 0 amide bonds. The Bertz CT molecular complexity index is 649. The fraction of sp³-hybridized carbons (Fsp3) is 0. The van der Waals surface area contributed by atoms with Crippen molar-refractivity contribution < 1.29 is 0 Å². The van der Waals surface area contributed by atoms with Crippen LogP contribution in [0.1, 0.15) is 0 Å². The first-order chi connectivity index (χ1) is 7.36. The van der Waals surface area contributed by atoms with Crippen LogP contribution < -0.4 is 0 Å². The lowest BCUT2D eigenvalue weighted by Crippen LogP contribution is -1.85. The number of aromatic nitrogens is 2. The number of fused-ring (bicyclic) bond motifs is 3. The Morgan fingerprint density at radius 3 is 2.53 bits per heavy atom. The fourth-order valence-electron chi connectivity index (χ4n) is 1.76. The molecule has 0 N–H and O–H groups in total. The van der Waals surface area contributed by atoms with Crippen LogP contribution in [0, 0.1) is 0 Å². The molecule has 0 saturated heterocycles. The lowest BCUT2D eigenvalue weighted by atomic mass is 10.1. The Kier molecular flexibility index (Phi) is 1.86. The zero-order chi connectivity index (χ0) is 10.3. The first-order valence-electron chi connectivity index (χ1n) is 4.68. The van der Waals surface area contributed by atoms with Gasteiger partial charge < -0.3 is 0 Å². The number of thiol groups is 1. The molecule has 0 aliphatic rings. The lowest BCUT2D eigenvalue weighted by Gasteiger charge is -2.04. The van der Waals surface area contributed by atoms with E-state index < -0.39 is 0 Å². The maximum Gasteiger partial charge on any atom is 0.0975 e. The highest BCUT2D eigenvalue weighted by Gasteiger charge is 2.04. The van der Waals surface area contributed by atoms with Crippen molar-refractivity contribution in [2.75, 3.05) is 0 Å². The molecule has 0 fully saturated rings. The van der Waals surface area contributed by atoms with Gasteiger partial charge >= 0.3 is 0 Å². The topological polar surface area (TPSA) is 25.8 Å². The summed E-state index contributed by atoms with van der Waals surface area (Å²) in [6.07, 6.45) is 3.57. The Morgan fingerprint density at radius 1 is 0.933 bits per heavy atom. The van der Waals surface area contributed by atoms with Gasteiger partial charge in [0.2, 0.25) is 0 Å². The molecule has 72 valence electrons. The molecule has 1 aromatic carbocycles. The number of benzene rings is 1. The Hall–Kier alpha value is -1.61. The van der Waals surface area contributed by atoms with E-state index in [1.807, 2.05) is 30.3 Å². The summed E-state index contributed by atoms with van der Waals surface area (Å²) >= 11 is 4.46. The molecule has 15 heavy (non-hydrogen) atoms. The average molecular weight is 212 g/mol. The molecular weight excluding hydrogens is 204 g/mol. The first-order valence-corrected chi connectivity index (χ1v) is 5.12. The van der Waals surface area contributed by atoms with E-state index in [4.69, 9.17) is 0 Å². The van der Waals surface area contributed by atoms with E-state index >= 15 is 0 Å². The molecule has 3 heteroatoms. The molecule has 3 aromatic rings. The summed E-state index contributed by atoms with van der Waals surface area (Å²) in [5, 5.41) is 2.13. The summed E-state index contributed by atoms with van der Waals surface area (Å²) in [7, 11) is 0. The van der Waals surface area contributed by atoms with Crippen LogP contribution in [0.15, 0.2) is 47.6 Å².